The van der Waals surface area contributed by atoms with Crippen LogP contribution in [0.1, 0.15) is 31.7 Å². The summed E-state index contributed by atoms with van der Waals surface area (Å²) in [4.78, 5) is 17.9. The van der Waals surface area contributed by atoms with Gasteiger partial charge in [-0.25, -0.2) is 0 Å². The van der Waals surface area contributed by atoms with Crippen LogP contribution in [0.4, 0.5) is 0 Å². The minimum absolute atomic E-state index is 0.105. The standard InChI is InChI=1S/C17H22N2O4/c1-16(15(21)18-10-17(11-20)7-8-17)9-13(19-23-16)12-5-3-4-6-14(12)22-2/h3-6,20H,7-11H2,1-2H3,(H,18,21). The average Bonchev–Trinajstić information content (AvgIpc) is 3.26. The van der Waals surface area contributed by atoms with E-state index in [1.54, 1.807) is 14.0 Å². The Kier molecular flexibility index (Phi) is 4.02. The maximum atomic E-state index is 12.5. The van der Waals surface area contributed by atoms with E-state index in [1.807, 2.05) is 24.3 Å². The molecule has 0 saturated heterocycles. The molecule has 23 heavy (non-hydrogen) atoms. The molecule has 1 aliphatic carbocycles. The van der Waals surface area contributed by atoms with E-state index in [9.17, 15) is 9.90 Å². The van der Waals surface area contributed by atoms with Crippen LogP contribution in [0, 0.1) is 5.41 Å². The molecule has 0 radical (unpaired) electrons. The third-order valence-electron chi connectivity index (χ3n) is 4.68. The molecule has 124 valence electrons. The zero-order valence-electron chi connectivity index (χ0n) is 13.5. The molecule has 6 nitrogen and oxygen atoms in total. The van der Waals surface area contributed by atoms with Gasteiger partial charge in [-0.2, -0.15) is 0 Å². The summed E-state index contributed by atoms with van der Waals surface area (Å²) < 4.78 is 5.34. The van der Waals surface area contributed by atoms with Crippen LogP contribution in [0.15, 0.2) is 29.4 Å². The summed E-state index contributed by atoms with van der Waals surface area (Å²) in [7, 11) is 1.60. The zero-order chi connectivity index (χ0) is 16.5. The largest absolute Gasteiger partial charge is 0.496 e. The van der Waals surface area contributed by atoms with Gasteiger partial charge in [-0.3, -0.25) is 4.79 Å². The van der Waals surface area contributed by atoms with Crippen molar-refractivity contribution in [3.05, 3.63) is 29.8 Å². The SMILES string of the molecule is COc1ccccc1C1=NOC(C)(C(=O)NCC2(CO)CC2)C1. The molecule has 2 aliphatic rings. The van der Waals surface area contributed by atoms with Crippen LogP contribution in [0.5, 0.6) is 5.75 Å². The van der Waals surface area contributed by atoms with Gasteiger partial charge in [0, 0.05) is 23.9 Å². The van der Waals surface area contributed by atoms with Gasteiger partial charge in [0.25, 0.3) is 5.91 Å². The van der Waals surface area contributed by atoms with Gasteiger partial charge in [-0.1, -0.05) is 17.3 Å². The second-order valence-corrected chi connectivity index (χ2v) is 6.58. The summed E-state index contributed by atoms with van der Waals surface area (Å²) in [5.41, 5.74) is 0.377. The molecule has 0 bridgehead atoms. The minimum Gasteiger partial charge on any atom is -0.496 e. The lowest BCUT2D eigenvalue weighted by Crippen LogP contribution is -2.46. The fourth-order valence-electron chi connectivity index (χ4n) is 2.71. The normalized spacial score (nSPS) is 24.6. The molecule has 1 aliphatic heterocycles. The number of nitrogens with one attached hydrogen (secondary N) is 1. The molecular formula is C17H22N2O4. The number of rotatable bonds is 6. The second-order valence-electron chi connectivity index (χ2n) is 6.58. The van der Waals surface area contributed by atoms with Gasteiger partial charge in [-0.15, -0.1) is 0 Å². The van der Waals surface area contributed by atoms with Crippen molar-refractivity contribution in [2.24, 2.45) is 10.6 Å². The van der Waals surface area contributed by atoms with Gasteiger partial charge in [0.1, 0.15) is 5.75 Å². The van der Waals surface area contributed by atoms with Crippen LogP contribution in [-0.2, 0) is 9.63 Å². The molecule has 1 saturated carbocycles. The number of nitrogens with zero attached hydrogens (tertiary/aromatic N) is 1. The summed E-state index contributed by atoms with van der Waals surface area (Å²) in [6.45, 7) is 2.31. The summed E-state index contributed by atoms with van der Waals surface area (Å²) >= 11 is 0. The van der Waals surface area contributed by atoms with Crippen LogP contribution in [0.2, 0.25) is 0 Å². The molecule has 1 aromatic carbocycles. The highest BCUT2D eigenvalue weighted by molar-refractivity contribution is 6.07. The Morgan fingerprint density at radius 3 is 2.83 bits per heavy atom. The molecular weight excluding hydrogens is 296 g/mol. The van der Waals surface area contributed by atoms with Gasteiger partial charge in [0.2, 0.25) is 5.60 Å². The van der Waals surface area contributed by atoms with E-state index < -0.39 is 5.60 Å². The lowest BCUT2D eigenvalue weighted by Gasteiger charge is -2.22. The monoisotopic (exact) mass is 318 g/mol. The number of methoxy groups -OCH3 is 1. The Morgan fingerprint density at radius 1 is 1.43 bits per heavy atom. The molecule has 1 fully saturated rings. The van der Waals surface area contributed by atoms with Crippen molar-refractivity contribution >= 4 is 11.6 Å². The summed E-state index contributed by atoms with van der Waals surface area (Å²) in [5, 5.41) is 16.3. The van der Waals surface area contributed by atoms with Crippen molar-refractivity contribution < 1.29 is 19.5 Å². The number of aliphatic hydroxyl groups excluding tert-OH is 1. The van der Waals surface area contributed by atoms with Crippen molar-refractivity contribution in [1.29, 1.82) is 0 Å². The number of carbonyl (C=O) groups excluding carboxylic acids is 1. The molecule has 1 heterocycles. The highest BCUT2D eigenvalue weighted by Gasteiger charge is 2.46. The van der Waals surface area contributed by atoms with Crippen LogP contribution in [0.3, 0.4) is 0 Å². The smallest absolute Gasteiger partial charge is 0.267 e. The third kappa shape index (κ3) is 3.03. The van der Waals surface area contributed by atoms with E-state index in [2.05, 4.69) is 10.5 Å². The lowest BCUT2D eigenvalue weighted by molar-refractivity contribution is -0.142. The average molecular weight is 318 g/mol. The summed E-state index contributed by atoms with van der Waals surface area (Å²) in [5.74, 6) is 0.502. The van der Waals surface area contributed by atoms with Crippen LogP contribution >= 0.6 is 0 Å². The molecule has 0 aromatic heterocycles. The highest BCUT2D eigenvalue weighted by atomic mass is 16.7. The Balaban J connectivity index is 1.66. The first kappa shape index (κ1) is 15.8. The Bertz CT molecular complexity index is 639. The maximum Gasteiger partial charge on any atom is 0.267 e. The zero-order valence-corrected chi connectivity index (χ0v) is 13.5. The second kappa shape index (κ2) is 5.85. The predicted octanol–water partition coefficient (Wildman–Crippen LogP) is 1.47. The van der Waals surface area contributed by atoms with E-state index in [0.717, 1.165) is 18.4 Å². The molecule has 1 aromatic rings. The quantitative estimate of drug-likeness (QED) is 0.832. The van der Waals surface area contributed by atoms with E-state index >= 15 is 0 Å². The number of hydrogen-bond donors (Lipinski definition) is 2. The number of para-hydroxylation sites is 1. The molecule has 6 heteroatoms. The van der Waals surface area contributed by atoms with Crippen molar-refractivity contribution in [3.63, 3.8) is 0 Å². The number of ether oxygens (including phenoxy) is 1. The van der Waals surface area contributed by atoms with Gasteiger partial charge in [0.05, 0.1) is 19.4 Å². The van der Waals surface area contributed by atoms with E-state index in [4.69, 9.17) is 9.57 Å². The maximum absolute atomic E-state index is 12.5. The van der Waals surface area contributed by atoms with Crippen LogP contribution in [-0.4, -0.2) is 42.6 Å². The first-order valence-electron chi connectivity index (χ1n) is 7.80. The minimum atomic E-state index is -1.03. The number of amides is 1. The molecule has 1 atom stereocenters. The van der Waals surface area contributed by atoms with Gasteiger partial charge in [0.15, 0.2) is 0 Å². The fraction of sp³-hybridized carbons (Fsp3) is 0.529. The Morgan fingerprint density at radius 2 is 2.17 bits per heavy atom. The fourth-order valence-corrected chi connectivity index (χ4v) is 2.71. The topological polar surface area (TPSA) is 80.2 Å². The van der Waals surface area contributed by atoms with Gasteiger partial charge in [-0.05, 0) is 31.9 Å². The van der Waals surface area contributed by atoms with Crippen molar-refractivity contribution in [2.75, 3.05) is 20.3 Å². The van der Waals surface area contributed by atoms with Gasteiger partial charge < -0.3 is 20.0 Å². The predicted molar refractivity (Wildman–Crippen MR) is 85.4 cm³/mol. The molecule has 0 spiro atoms. The first-order chi connectivity index (χ1) is 11.0. The number of carbonyl (C=O) groups is 1. The van der Waals surface area contributed by atoms with E-state index in [0.29, 0.717) is 24.4 Å². The van der Waals surface area contributed by atoms with E-state index in [-0.39, 0.29) is 17.9 Å². The summed E-state index contributed by atoms with van der Waals surface area (Å²) in [6, 6.07) is 7.53. The van der Waals surface area contributed by atoms with Gasteiger partial charge >= 0.3 is 0 Å². The molecule has 3 rings (SSSR count). The molecule has 1 amide bonds. The lowest BCUT2D eigenvalue weighted by atomic mass is 9.94. The third-order valence-corrected chi connectivity index (χ3v) is 4.68. The Labute approximate surface area is 135 Å². The van der Waals surface area contributed by atoms with Crippen molar-refractivity contribution in [2.45, 2.75) is 31.8 Å². The number of aliphatic hydroxyl groups is 1. The highest BCUT2D eigenvalue weighted by Crippen LogP contribution is 2.44. The number of oxime groups is 1. The summed E-state index contributed by atoms with van der Waals surface area (Å²) in [6.07, 6.45) is 2.28. The van der Waals surface area contributed by atoms with Crippen LogP contribution in [0.25, 0.3) is 0 Å². The van der Waals surface area contributed by atoms with Crippen LogP contribution < -0.4 is 10.1 Å². The van der Waals surface area contributed by atoms with Crippen molar-refractivity contribution in [3.8, 4) is 5.75 Å². The molecule has 1 unspecified atom stereocenters. The van der Waals surface area contributed by atoms with E-state index in [1.165, 1.54) is 0 Å². The number of hydrogen-bond acceptors (Lipinski definition) is 5. The number of benzene rings is 1. The molecule has 2 N–H and O–H groups in total. The Hall–Kier alpha value is -2.08. The van der Waals surface area contributed by atoms with Crippen molar-refractivity contribution in [1.82, 2.24) is 5.32 Å². The first-order valence-corrected chi connectivity index (χ1v) is 7.80.